The van der Waals surface area contributed by atoms with Gasteiger partial charge in [-0.15, -0.1) is 0 Å². The highest BCUT2D eigenvalue weighted by Gasteiger charge is 2.16. The minimum atomic E-state index is -0.581. The summed E-state index contributed by atoms with van der Waals surface area (Å²) in [5.41, 5.74) is 6.05. The minimum absolute atomic E-state index is 0.231. The van der Waals surface area contributed by atoms with E-state index in [1.165, 1.54) is 6.07 Å². The van der Waals surface area contributed by atoms with Crippen molar-refractivity contribution in [3.05, 3.63) is 59.9 Å². The van der Waals surface area contributed by atoms with Gasteiger partial charge in [-0.2, -0.15) is 0 Å². The molecule has 24 heavy (non-hydrogen) atoms. The Hall–Kier alpha value is -2.89. The van der Waals surface area contributed by atoms with Crippen LogP contribution in [0.5, 0.6) is 5.75 Å². The number of ether oxygens (including phenoxy) is 1. The first kappa shape index (κ1) is 17.5. The zero-order valence-corrected chi connectivity index (χ0v) is 13.3. The Morgan fingerprint density at radius 3 is 2.67 bits per heavy atom. The SMILES string of the molecule is C[C@H](Cc1ccccc1F)C(=O)Nc1cccc(OCC(N)=O)c1. The molecule has 0 aliphatic carbocycles. The fourth-order valence-electron chi connectivity index (χ4n) is 2.17. The number of rotatable bonds is 7. The van der Waals surface area contributed by atoms with E-state index in [1.54, 1.807) is 49.4 Å². The maximum atomic E-state index is 13.7. The number of carbonyl (C=O) groups is 2. The third-order valence-electron chi connectivity index (χ3n) is 3.41. The van der Waals surface area contributed by atoms with Crippen LogP contribution in [0.3, 0.4) is 0 Å². The van der Waals surface area contributed by atoms with Crippen LogP contribution >= 0.6 is 0 Å². The standard InChI is InChI=1S/C18H19FN2O3/c1-12(9-13-5-2-3-8-16(13)19)18(23)21-14-6-4-7-15(10-14)24-11-17(20)22/h2-8,10,12H,9,11H2,1H3,(H2,20,22)(H,21,23)/t12-/m1/s1. The lowest BCUT2D eigenvalue weighted by atomic mass is 10.00. The van der Waals surface area contributed by atoms with Gasteiger partial charge in [-0.05, 0) is 30.2 Å². The van der Waals surface area contributed by atoms with E-state index in [1.807, 2.05) is 0 Å². The third kappa shape index (κ3) is 5.08. The Morgan fingerprint density at radius 1 is 1.21 bits per heavy atom. The molecule has 0 heterocycles. The predicted molar refractivity (Wildman–Crippen MR) is 89.0 cm³/mol. The molecular weight excluding hydrogens is 311 g/mol. The molecule has 5 nitrogen and oxygen atoms in total. The summed E-state index contributed by atoms with van der Waals surface area (Å²) in [7, 11) is 0. The number of hydrogen-bond donors (Lipinski definition) is 2. The zero-order chi connectivity index (χ0) is 17.5. The van der Waals surface area contributed by atoms with Gasteiger partial charge in [0.2, 0.25) is 5.91 Å². The number of primary amides is 1. The molecule has 0 aliphatic heterocycles. The third-order valence-corrected chi connectivity index (χ3v) is 3.41. The Kier molecular flexibility index (Phi) is 5.89. The number of halogens is 1. The van der Waals surface area contributed by atoms with Crippen molar-refractivity contribution < 1.29 is 18.7 Å². The van der Waals surface area contributed by atoms with Gasteiger partial charge in [0.05, 0.1) is 0 Å². The van der Waals surface area contributed by atoms with Crippen LogP contribution in [0.25, 0.3) is 0 Å². The lowest BCUT2D eigenvalue weighted by Gasteiger charge is -2.13. The molecular formula is C18H19FN2O3. The van der Waals surface area contributed by atoms with Gasteiger partial charge in [0.25, 0.3) is 5.91 Å². The summed E-state index contributed by atoms with van der Waals surface area (Å²) in [6.07, 6.45) is 0.302. The van der Waals surface area contributed by atoms with Gasteiger partial charge in [-0.1, -0.05) is 31.2 Å². The molecule has 3 N–H and O–H groups in total. The average Bonchev–Trinajstić information content (AvgIpc) is 2.55. The number of anilines is 1. The highest BCUT2D eigenvalue weighted by atomic mass is 19.1. The van der Waals surface area contributed by atoms with E-state index in [-0.39, 0.29) is 18.3 Å². The smallest absolute Gasteiger partial charge is 0.255 e. The largest absolute Gasteiger partial charge is 0.484 e. The van der Waals surface area contributed by atoms with E-state index >= 15 is 0 Å². The minimum Gasteiger partial charge on any atom is -0.484 e. The van der Waals surface area contributed by atoms with Crippen molar-refractivity contribution in [2.75, 3.05) is 11.9 Å². The van der Waals surface area contributed by atoms with E-state index in [0.717, 1.165) is 0 Å². The van der Waals surface area contributed by atoms with Crippen LogP contribution in [0, 0.1) is 11.7 Å². The van der Waals surface area contributed by atoms with E-state index in [0.29, 0.717) is 23.4 Å². The molecule has 0 aromatic heterocycles. The van der Waals surface area contributed by atoms with Crippen molar-refractivity contribution >= 4 is 17.5 Å². The fraction of sp³-hybridized carbons (Fsp3) is 0.222. The average molecular weight is 330 g/mol. The summed E-state index contributed by atoms with van der Waals surface area (Å²) >= 11 is 0. The molecule has 126 valence electrons. The number of benzene rings is 2. The summed E-state index contributed by atoms with van der Waals surface area (Å²) in [6.45, 7) is 1.50. The summed E-state index contributed by atoms with van der Waals surface area (Å²) in [4.78, 5) is 23.0. The molecule has 0 spiro atoms. The lowest BCUT2D eigenvalue weighted by Crippen LogP contribution is -2.22. The number of carbonyl (C=O) groups excluding carboxylic acids is 2. The maximum Gasteiger partial charge on any atom is 0.255 e. The van der Waals surface area contributed by atoms with Gasteiger partial charge in [0.1, 0.15) is 11.6 Å². The van der Waals surface area contributed by atoms with Gasteiger partial charge in [-0.3, -0.25) is 9.59 Å². The van der Waals surface area contributed by atoms with E-state index in [4.69, 9.17) is 10.5 Å². The zero-order valence-electron chi connectivity index (χ0n) is 13.3. The van der Waals surface area contributed by atoms with E-state index < -0.39 is 11.8 Å². The van der Waals surface area contributed by atoms with Crippen molar-refractivity contribution in [3.8, 4) is 5.75 Å². The van der Waals surface area contributed by atoms with Crippen molar-refractivity contribution in [3.63, 3.8) is 0 Å². The van der Waals surface area contributed by atoms with Crippen LogP contribution in [-0.4, -0.2) is 18.4 Å². The monoisotopic (exact) mass is 330 g/mol. The number of nitrogens with two attached hydrogens (primary N) is 1. The van der Waals surface area contributed by atoms with Gasteiger partial charge < -0.3 is 15.8 Å². The second kappa shape index (κ2) is 8.10. The lowest BCUT2D eigenvalue weighted by molar-refractivity contribution is -0.120. The molecule has 6 heteroatoms. The second-order valence-electron chi connectivity index (χ2n) is 5.47. The van der Waals surface area contributed by atoms with E-state index in [9.17, 15) is 14.0 Å². The normalized spacial score (nSPS) is 11.6. The van der Waals surface area contributed by atoms with Gasteiger partial charge in [0, 0.05) is 17.7 Å². The van der Waals surface area contributed by atoms with Crippen LogP contribution in [0.4, 0.5) is 10.1 Å². The molecule has 0 radical (unpaired) electrons. The summed E-state index contributed by atoms with van der Waals surface area (Å²) in [5, 5.41) is 2.75. The van der Waals surface area contributed by atoms with Crippen LogP contribution in [0.15, 0.2) is 48.5 Å². The van der Waals surface area contributed by atoms with Crippen LogP contribution < -0.4 is 15.8 Å². The predicted octanol–water partition coefficient (Wildman–Crippen LogP) is 2.51. The molecule has 2 aromatic carbocycles. The Labute approximate surface area is 139 Å². The molecule has 0 unspecified atom stereocenters. The molecule has 1 atom stereocenters. The van der Waals surface area contributed by atoms with Gasteiger partial charge in [0.15, 0.2) is 6.61 Å². The molecule has 0 fully saturated rings. The van der Waals surface area contributed by atoms with Gasteiger partial charge in [-0.25, -0.2) is 4.39 Å². The first-order chi connectivity index (χ1) is 11.5. The quantitative estimate of drug-likeness (QED) is 0.818. The summed E-state index contributed by atoms with van der Waals surface area (Å²) in [6, 6.07) is 13.0. The maximum absolute atomic E-state index is 13.7. The molecule has 0 aliphatic rings. The fourth-order valence-corrected chi connectivity index (χ4v) is 2.17. The van der Waals surface area contributed by atoms with Crippen molar-refractivity contribution in [2.24, 2.45) is 11.7 Å². The number of hydrogen-bond acceptors (Lipinski definition) is 3. The number of amides is 2. The van der Waals surface area contributed by atoms with Crippen LogP contribution in [0.1, 0.15) is 12.5 Å². The summed E-state index contributed by atoms with van der Waals surface area (Å²) in [5.74, 6) is -1.11. The highest BCUT2D eigenvalue weighted by Crippen LogP contribution is 2.19. The Bertz CT molecular complexity index is 734. The summed E-state index contributed by atoms with van der Waals surface area (Å²) < 4.78 is 18.8. The molecule has 0 bridgehead atoms. The van der Waals surface area contributed by atoms with Crippen molar-refractivity contribution in [2.45, 2.75) is 13.3 Å². The van der Waals surface area contributed by atoms with E-state index in [2.05, 4.69) is 5.32 Å². The van der Waals surface area contributed by atoms with Crippen molar-refractivity contribution in [1.82, 2.24) is 0 Å². The van der Waals surface area contributed by atoms with Crippen LogP contribution in [-0.2, 0) is 16.0 Å². The topological polar surface area (TPSA) is 81.4 Å². The van der Waals surface area contributed by atoms with Crippen LogP contribution in [0.2, 0.25) is 0 Å². The molecule has 0 saturated heterocycles. The first-order valence-electron chi connectivity index (χ1n) is 7.51. The Morgan fingerprint density at radius 2 is 1.96 bits per heavy atom. The molecule has 2 rings (SSSR count). The first-order valence-corrected chi connectivity index (χ1v) is 7.51. The van der Waals surface area contributed by atoms with Gasteiger partial charge >= 0.3 is 0 Å². The molecule has 2 aromatic rings. The molecule has 2 amide bonds. The molecule has 0 saturated carbocycles. The second-order valence-corrected chi connectivity index (χ2v) is 5.47. The Balaban J connectivity index is 1.97. The number of nitrogens with one attached hydrogen (secondary N) is 1. The highest BCUT2D eigenvalue weighted by molar-refractivity contribution is 5.92. The van der Waals surface area contributed by atoms with Crippen molar-refractivity contribution in [1.29, 1.82) is 0 Å².